The van der Waals surface area contributed by atoms with Gasteiger partial charge in [-0.25, -0.2) is 4.79 Å². The van der Waals surface area contributed by atoms with Crippen LogP contribution in [0, 0.1) is 11.8 Å². The molecule has 2 rings (SSSR count). The van der Waals surface area contributed by atoms with Crippen LogP contribution in [0.25, 0.3) is 0 Å². The largest absolute Gasteiger partial charge is 0.328 e. The summed E-state index contributed by atoms with van der Waals surface area (Å²) in [7, 11) is 0. The van der Waals surface area contributed by atoms with Gasteiger partial charge in [-0.15, -0.1) is 12.4 Å². The Hall–Kier alpha value is -0.480. The van der Waals surface area contributed by atoms with E-state index in [1.54, 1.807) is 0 Å². The first-order valence-corrected chi connectivity index (χ1v) is 7.37. The van der Waals surface area contributed by atoms with E-state index in [9.17, 15) is 4.79 Å². The Balaban J connectivity index is 0.00000180. The highest BCUT2D eigenvalue weighted by Crippen LogP contribution is 2.22. The number of halogens is 1. The second-order valence-corrected chi connectivity index (χ2v) is 6.16. The smallest absolute Gasteiger partial charge is 0.320 e. The lowest BCUT2D eigenvalue weighted by molar-refractivity contribution is 0.111. The minimum Gasteiger partial charge on any atom is -0.328 e. The molecule has 2 amide bonds. The molecule has 2 saturated heterocycles. The quantitative estimate of drug-likeness (QED) is 0.805. The zero-order chi connectivity index (χ0) is 13.1. The van der Waals surface area contributed by atoms with Crippen LogP contribution in [-0.2, 0) is 0 Å². The molecule has 2 atom stereocenters. The lowest BCUT2D eigenvalue weighted by Gasteiger charge is -2.39. The SMILES string of the molecule is CC1CCN(C(=O)N2CCCC(C(C)N)C2)CC1.Cl. The van der Waals surface area contributed by atoms with Gasteiger partial charge in [0.05, 0.1) is 0 Å². The van der Waals surface area contributed by atoms with E-state index >= 15 is 0 Å². The van der Waals surface area contributed by atoms with Gasteiger partial charge in [-0.3, -0.25) is 0 Å². The van der Waals surface area contributed by atoms with Gasteiger partial charge in [-0.05, 0) is 44.4 Å². The van der Waals surface area contributed by atoms with Crippen molar-refractivity contribution >= 4 is 18.4 Å². The van der Waals surface area contributed by atoms with Gasteiger partial charge in [0.1, 0.15) is 0 Å². The lowest BCUT2D eigenvalue weighted by atomic mass is 9.92. The van der Waals surface area contributed by atoms with Gasteiger partial charge in [0.15, 0.2) is 0 Å². The van der Waals surface area contributed by atoms with Crippen molar-refractivity contribution < 1.29 is 4.79 Å². The molecule has 2 heterocycles. The van der Waals surface area contributed by atoms with Crippen molar-refractivity contribution in [3.05, 3.63) is 0 Å². The molecule has 2 unspecified atom stereocenters. The highest BCUT2D eigenvalue weighted by atomic mass is 35.5. The molecule has 2 N–H and O–H groups in total. The second kappa shape index (κ2) is 7.34. The van der Waals surface area contributed by atoms with Gasteiger partial charge in [-0.1, -0.05) is 6.92 Å². The summed E-state index contributed by atoms with van der Waals surface area (Å²) in [6, 6.07) is 0.439. The third kappa shape index (κ3) is 4.25. The number of hydrogen-bond donors (Lipinski definition) is 1. The van der Waals surface area contributed by atoms with Crippen LogP contribution in [0.3, 0.4) is 0 Å². The lowest BCUT2D eigenvalue weighted by Crippen LogP contribution is -2.51. The van der Waals surface area contributed by atoms with E-state index in [4.69, 9.17) is 5.73 Å². The average molecular weight is 290 g/mol. The number of nitrogens with zero attached hydrogens (tertiary/aromatic N) is 2. The van der Waals surface area contributed by atoms with Gasteiger partial charge in [-0.2, -0.15) is 0 Å². The topological polar surface area (TPSA) is 49.6 Å². The molecular weight excluding hydrogens is 262 g/mol. The van der Waals surface area contributed by atoms with E-state index in [1.807, 2.05) is 9.80 Å². The Morgan fingerprint density at radius 3 is 2.37 bits per heavy atom. The second-order valence-electron chi connectivity index (χ2n) is 6.16. The molecule has 0 aromatic rings. The van der Waals surface area contributed by atoms with E-state index in [1.165, 1.54) is 6.42 Å². The van der Waals surface area contributed by atoms with Crippen molar-refractivity contribution in [2.45, 2.75) is 45.6 Å². The fourth-order valence-electron chi connectivity index (χ4n) is 3.01. The van der Waals surface area contributed by atoms with E-state index in [-0.39, 0.29) is 24.5 Å². The molecule has 0 radical (unpaired) electrons. The van der Waals surface area contributed by atoms with Crippen molar-refractivity contribution in [2.24, 2.45) is 17.6 Å². The molecule has 4 nitrogen and oxygen atoms in total. The maximum Gasteiger partial charge on any atom is 0.320 e. The minimum absolute atomic E-state index is 0. The Morgan fingerprint density at radius 1 is 1.16 bits per heavy atom. The monoisotopic (exact) mass is 289 g/mol. The predicted octanol–water partition coefficient (Wildman–Crippen LogP) is 2.32. The number of urea groups is 1. The Bertz CT molecular complexity index is 290. The zero-order valence-electron chi connectivity index (χ0n) is 12.2. The first-order chi connectivity index (χ1) is 8.58. The molecule has 0 aromatic carbocycles. The van der Waals surface area contributed by atoms with Gasteiger partial charge < -0.3 is 15.5 Å². The molecule has 2 aliphatic rings. The van der Waals surface area contributed by atoms with Gasteiger partial charge >= 0.3 is 6.03 Å². The summed E-state index contributed by atoms with van der Waals surface area (Å²) >= 11 is 0. The van der Waals surface area contributed by atoms with Gasteiger partial charge in [0.25, 0.3) is 0 Å². The first kappa shape index (κ1) is 16.6. The maximum atomic E-state index is 12.4. The van der Waals surface area contributed by atoms with Crippen LogP contribution in [0.15, 0.2) is 0 Å². The Morgan fingerprint density at radius 2 is 1.79 bits per heavy atom. The fraction of sp³-hybridized carbons (Fsp3) is 0.929. The highest BCUT2D eigenvalue weighted by molar-refractivity contribution is 5.85. The minimum atomic E-state index is 0. The fourth-order valence-corrected chi connectivity index (χ4v) is 3.01. The number of rotatable bonds is 1. The molecule has 0 saturated carbocycles. The molecule has 0 spiro atoms. The van der Waals surface area contributed by atoms with E-state index in [0.29, 0.717) is 5.92 Å². The Labute approximate surface area is 123 Å². The number of piperidine rings is 2. The van der Waals surface area contributed by atoms with Crippen LogP contribution in [0.1, 0.15) is 39.5 Å². The van der Waals surface area contributed by atoms with Crippen LogP contribution in [-0.4, -0.2) is 48.1 Å². The summed E-state index contributed by atoms with van der Waals surface area (Å²) in [6.45, 7) is 7.95. The van der Waals surface area contributed by atoms with Crippen LogP contribution in [0.2, 0.25) is 0 Å². The summed E-state index contributed by atoms with van der Waals surface area (Å²) in [5.41, 5.74) is 5.97. The van der Waals surface area contributed by atoms with E-state index in [0.717, 1.165) is 51.4 Å². The molecule has 19 heavy (non-hydrogen) atoms. The zero-order valence-corrected chi connectivity index (χ0v) is 13.0. The van der Waals surface area contributed by atoms with Crippen LogP contribution in [0.5, 0.6) is 0 Å². The van der Waals surface area contributed by atoms with Gasteiger partial charge in [0.2, 0.25) is 0 Å². The van der Waals surface area contributed by atoms with E-state index in [2.05, 4.69) is 13.8 Å². The molecule has 2 fully saturated rings. The Kier molecular flexibility index (Phi) is 6.40. The van der Waals surface area contributed by atoms with Crippen molar-refractivity contribution in [3.63, 3.8) is 0 Å². The number of nitrogens with two attached hydrogens (primary N) is 1. The molecule has 0 bridgehead atoms. The predicted molar refractivity (Wildman–Crippen MR) is 80.6 cm³/mol. The van der Waals surface area contributed by atoms with Crippen molar-refractivity contribution in [1.29, 1.82) is 0 Å². The highest BCUT2D eigenvalue weighted by Gasteiger charge is 2.29. The summed E-state index contributed by atoms with van der Waals surface area (Å²) in [4.78, 5) is 16.5. The molecule has 0 aromatic heterocycles. The van der Waals surface area contributed by atoms with Crippen molar-refractivity contribution in [2.75, 3.05) is 26.2 Å². The molecule has 0 aliphatic carbocycles. The van der Waals surface area contributed by atoms with E-state index < -0.39 is 0 Å². The van der Waals surface area contributed by atoms with Crippen LogP contribution >= 0.6 is 12.4 Å². The first-order valence-electron chi connectivity index (χ1n) is 7.37. The third-order valence-electron chi connectivity index (χ3n) is 4.53. The van der Waals surface area contributed by atoms with Crippen molar-refractivity contribution in [3.8, 4) is 0 Å². The number of likely N-dealkylation sites (tertiary alicyclic amines) is 2. The summed E-state index contributed by atoms with van der Waals surface area (Å²) in [5.74, 6) is 1.25. The van der Waals surface area contributed by atoms with Gasteiger partial charge in [0, 0.05) is 32.2 Å². The maximum absolute atomic E-state index is 12.4. The average Bonchev–Trinajstić information content (AvgIpc) is 2.39. The number of carbonyl (C=O) groups is 1. The summed E-state index contributed by atoms with van der Waals surface area (Å²) in [6.07, 6.45) is 4.56. The molecule has 5 heteroatoms. The normalized spacial score (nSPS) is 26.8. The van der Waals surface area contributed by atoms with Crippen LogP contribution in [0.4, 0.5) is 4.79 Å². The number of hydrogen-bond acceptors (Lipinski definition) is 2. The van der Waals surface area contributed by atoms with Crippen LogP contribution < -0.4 is 5.73 Å². The third-order valence-corrected chi connectivity index (χ3v) is 4.53. The molecule has 112 valence electrons. The standard InChI is InChI=1S/C14H27N3O.ClH/c1-11-5-8-16(9-6-11)14(18)17-7-3-4-13(10-17)12(2)15;/h11-13H,3-10,15H2,1-2H3;1H. The van der Waals surface area contributed by atoms with Crippen molar-refractivity contribution in [1.82, 2.24) is 9.80 Å². The number of carbonyl (C=O) groups excluding carboxylic acids is 1. The molecular formula is C14H28ClN3O. The number of amides is 2. The molecule has 2 aliphatic heterocycles. The summed E-state index contributed by atoms with van der Waals surface area (Å²) < 4.78 is 0. The summed E-state index contributed by atoms with van der Waals surface area (Å²) in [5, 5.41) is 0.